The Balaban J connectivity index is 2.26. The second-order valence-electron chi connectivity index (χ2n) is 4.98. The van der Waals surface area contributed by atoms with Crippen molar-refractivity contribution < 1.29 is 9.59 Å². The number of halogens is 1. The van der Waals surface area contributed by atoms with E-state index >= 15 is 0 Å². The summed E-state index contributed by atoms with van der Waals surface area (Å²) in [5.74, 6) is -0.707. The molecule has 1 aliphatic heterocycles. The van der Waals surface area contributed by atoms with Crippen LogP contribution in [0.15, 0.2) is 54.6 Å². The number of carbonyl (C=O) groups is 2. The maximum Gasteiger partial charge on any atom is 0.260 e. The largest absolute Gasteiger partial charge is 0.291 e. The van der Waals surface area contributed by atoms with Crippen molar-refractivity contribution in [2.45, 2.75) is 18.2 Å². The van der Waals surface area contributed by atoms with Crippen LogP contribution >= 0.6 is 11.6 Å². The number of anilines is 2. The lowest BCUT2D eigenvalue weighted by molar-refractivity contribution is -0.119. The van der Waals surface area contributed by atoms with Gasteiger partial charge in [0.1, 0.15) is 0 Å². The van der Waals surface area contributed by atoms with E-state index in [9.17, 15) is 9.59 Å². The van der Waals surface area contributed by atoms with Gasteiger partial charge in [0.2, 0.25) is 0 Å². The lowest BCUT2D eigenvalue weighted by atomic mass is 9.87. The molecule has 0 aromatic heterocycles. The number of carbonyl (C=O) groups excluding carboxylic acids is 2. The number of hydrogen-bond donors (Lipinski definition) is 0. The quantitative estimate of drug-likeness (QED) is 0.622. The molecule has 1 aliphatic rings. The molecule has 3 rings (SSSR count). The van der Waals surface area contributed by atoms with E-state index in [-0.39, 0.29) is 18.1 Å². The highest BCUT2D eigenvalue weighted by molar-refractivity contribution is 6.53. The van der Waals surface area contributed by atoms with Crippen molar-refractivity contribution in [3.8, 4) is 0 Å². The summed E-state index contributed by atoms with van der Waals surface area (Å²) in [5.41, 5.74) is 1.78. The summed E-state index contributed by atoms with van der Waals surface area (Å²) < 4.78 is 0. The lowest BCUT2D eigenvalue weighted by Gasteiger charge is -2.37. The van der Waals surface area contributed by atoms with E-state index in [1.807, 2.05) is 36.4 Å². The number of Topliss-reactive ketones (excluding diaryl/α,β-unsaturated/α-hetero) is 1. The first-order chi connectivity index (χ1) is 10.1. The van der Waals surface area contributed by atoms with Gasteiger partial charge in [-0.15, -0.1) is 0 Å². The molecule has 3 nitrogen and oxygen atoms in total. The molecular weight excluding hydrogens is 286 g/mol. The van der Waals surface area contributed by atoms with Crippen LogP contribution in [-0.2, 0) is 4.79 Å². The summed E-state index contributed by atoms with van der Waals surface area (Å²) >= 11 is 6.39. The van der Waals surface area contributed by atoms with Crippen LogP contribution in [0.25, 0.3) is 0 Å². The fourth-order valence-electron chi connectivity index (χ4n) is 2.60. The first-order valence-corrected chi connectivity index (χ1v) is 7.19. The summed E-state index contributed by atoms with van der Waals surface area (Å²) in [5, 5.41) is 0. The topological polar surface area (TPSA) is 37.4 Å². The highest BCUT2D eigenvalue weighted by atomic mass is 35.5. The summed E-state index contributed by atoms with van der Waals surface area (Å²) in [7, 11) is 0. The molecule has 0 saturated carbocycles. The van der Waals surface area contributed by atoms with Crippen LogP contribution in [0.3, 0.4) is 0 Å². The van der Waals surface area contributed by atoms with Gasteiger partial charge in [-0.1, -0.05) is 48.9 Å². The number of ketones is 1. The first-order valence-electron chi connectivity index (χ1n) is 6.82. The Kier molecular flexibility index (Phi) is 3.30. The molecule has 2 aromatic carbocycles. The highest BCUT2D eigenvalue weighted by Crippen LogP contribution is 2.41. The molecule has 0 N–H and O–H groups in total. The van der Waals surface area contributed by atoms with Gasteiger partial charge in [0.15, 0.2) is 10.7 Å². The number of benzene rings is 2. The summed E-state index contributed by atoms with van der Waals surface area (Å²) in [6.45, 7) is 1.75. The molecule has 0 aliphatic carbocycles. The van der Waals surface area contributed by atoms with Crippen molar-refractivity contribution in [2.75, 3.05) is 4.90 Å². The van der Waals surface area contributed by atoms with E-state index in [1.165, 1.54) is 4.90 Å². The molecule has 2 aromatic rings. The standard InChI is InChI=1S/C17H14ClNO2/c1-2-17(18)15(20)13-10-6-7-11-14(13)19(16(17)21)12-8-4-3-5-9-12/h3-11H,2H2,1H3. The minimum absolute atomic E-state index is 0.254. The van der Waals surface area contributed by atoms with E-state index in [2.05, 4.69) is 0 Å². The fourth-order valence-corrected chi connectivity index (χ4v) is 2.79. The van der Waals surface area contributed by atoms with Gasteiger partial charge >= 0.3 is 0 Å². The zero-order chi connectivity index (χ0) is 15.0. The highest BCUT2D eigenvalue weighted by Gasteiger charge is 2.50. The lowest BCUT2D eigenvalue weighted by Crippen LogP contribution is -2.52. The van der Waals surface area contributed by atoms with Gasteiger partial charge in [-0.05, 0) is 30.7 Å². The van der Waals surface area contributed by atoms with Gasteiger partial charge in [-0.25, -0.2) is 0 Å². The Bertz CT molecular complexity index is 714. The van der Waals surface area contributed by atoms with Crippen LogP contribution in [0.4, 0.5) is 11.4 Å². The number of rotatable bonds is 2. The van der Waals surface area contributed by atoms with Crippen molar-refractivity contribution in [3.05, 3.63) is 60.2 Å². The Morgan fingerprint density at radius 3 is 2.29 bits per heavy atom. The molecule has 106 valence electrons. The minimum Gasteiger partial charge on any atom is -0.291 e. The second kappa shape index (κ2) is 5.01. The molecule has 1 amide bonds. The van der Waals surface area contributed by atoms with Gasteiger partial charge in [-0.3, -0.25) is 14.5 Å². The average molecular weight is 300 g/mol. The third-order valence-corrected chi connectivity index (χ3v) is 4.39. The monoisotopic (exact) mass is 299 g/mol. The number of fused-ring (bicyclic) bond motifs is 1. The normalized spacial score (nSPS) is 21.3. The van der Waals surface area contributed by atoms with Gasteiger partial charge in [0, 0.05) is 11.3 Å². The van der Waals surface area contributed by atoms with Crippen molar-refractivity contribution in [1.82, 2.24) is 0 Å². The summed E-state index contributed by atoms with van der Waals surface area (Å²) in [6, 6.07) is 16.3. The van der Waals surface area contributed by atoms with Crippen LogP contribution in [0.2, 0.25) is 0 Å². The molecular formula is C17H14ClNO2. The molecule has 1 heterocycles. The number of hydrogen-bond acceptors (Lipinski definition) is 2. The van der Waals surface area contributed by atoms with Crippen molar-refractivity contribution in [1.29, 1.82) is 0 Å². The van der Waals surface area contributed by atoms with E-state index in [4.69, 9.17) is 11.6 Å². The van der Waals surface area contributed by atoms with Crippen LogP contribution < -0.4 is 4.90 Å². The van der Waals surface area contributed by atoms with Crippen LogP contribution in [-0.4, -0.2) is 16.6 Å². The van der Waals surface area contributed by atoms with Crippen LogP contribution in [0, 0.1) is 0 Å². The number of nitrogens with zero attached hydrogens (tertiary/aromatic N) is 1. The molecule has 1 unspecified atom stereocenters. The Morgan fingerprint density at radius 1 is 1.00 bits per heavy atom. The zero-order valence-electron chi connectivity index (χ0n) is 11.5. The fraction of sp³-hybridized carbons (Fsp3) is 0.176. The van der Waals surface area contributed by atoms with Crippen molar-refractivity contribution >= 4 is 34.7 Å². The van der Waals surface area contributed by atoms with Crippen LogP contribution in [0.5, 0.6) is 0 Å². The Morgan fingerprint density at radius 2 is 1.62 bits per heavy atom. The smallest absolute Gasteiger partial charge is 0.260 e. The van der Waals surface area contributed by atoms with E-state index in [1.54, 1.807) is 25.1 Å². The Hall–Kier alpha value is -2.13. The maximum atomic E-state index is 12.8. The predicted molar refractivity (Wildman–Crippen MR) is 83.2 cm³/mol. The number of alkyl halides is 1. The van der Waals surface area contributed by atoms with E-state index < -0.39 is 4.87 Å². The second-order valence-corrected chi connectivity index (χ2v) is 5.62. The van der Waals surface area contributed by atoms with Gasteiger partial charge in [0.25, 0.3) is 5.91 Å². The SMILES string of the molecule is CCC1(Cl)C(=O)c2ccccc2N(c2ccccc2)C1=O. The van der Waals surface area contributed by atoms with Gasteiger partial charge in [0.05, 0.1) is 5.69 Å². The minimum atomic E-state index is -1.52. The summed E-state index contributed by atoms with van der Waals surface area (Å²) in [6.07, 6.45) is 0.254. The maximum absolute atomic E-state index is 12.8. The molecule has 0 saturated heterocycles. The first kappa shape index (κ1) is 13.8. The van der Waals surface area contributed by atoms with Crippen LogP contribution in [0.1, 0.15) is 23.7 Å². The molecule has 0 fully saturated rings. The van der Waals surface area contributed by atoms with E-state index in [0.717, 1.165) is 0 Å². The average Bonchev–Trinajstić information content (AvgIpc) is 2.54. The third kappa shape index (κ3) is 1.96. The molecule has 0 spiro atoms. The Labute approximate surface area is 128 Å². The summed E-state index contributed by atoms with van der Waals surface area (Å²) in [4.78, 5) is 25.4. The van der Waals surface area contributed by atoms with Crippen molar-refractivity contribution in [3.63, 3.8) is 0 Å². The van der Waals surface area contributed by atoms with E-state index in [0.29, 0.717) is 16.9 Å². The molecule has 1 atom stereocenters. The number of amides is 1. The molecule has 0 bridgehead atoms. The van der Waals surface area contributed by atoms with Gasteiger partial charge in [-0.2, -0.15) is 0 Å². The van der Waals surface area contributed by atoms with Gasteiger partial charge < -0.3 is 0 Å². The number of para-hydroxylation sites is 2. The van der Waals surface area contributed by atoms with Crippen molar-refractivity contribution in [2.24, 2.45) is 0 Å². The molecule has 0 radical (unpaired) electrons. The zero-order valence-corrected chi connectivity index (χ0v) is 12.3. The molecule has 21 heavy (non-hydrogen) atoms. The predicted octanol–water partition coefficient (Wildman–Crippen LogP) is 3.94. The third-order valence-electron chi connectivity index (χ3n) is 3.79. The molecule has 4 heteroatoms.